The molecular formula is C19H16FN3O3. The molecule has 1 aliphatic heterocycles. The average Bonchev–Trinajstić information content (AvgIpc) is 3.06. The maximum Gasteiger partial charge on any atom is 0.276 e. The smallest absolute Gasteiger partial charge is 0.276 e. The Bertz CT molecular complexity index is 953. The van der Waals surface area contributed by atoms with Crippen LogP contribution in [-0.2, 0) is 13.2 Å². The summed E-state index contributed by atoms with van der Waals surface area (Å²) in [6.45, 7) is 1.13. The van der Waals surface area contributed by atoms with Crippen LogP contribution in [0.5, 0.6) is 11.5 Å². The summed E-state index contributed by atoms with van der Waals surface area (Å²) in [5.41, 5.74) is 1.70. The van der Waals surface area contributed by atoms with E-state index in [2.05, 4.69) is 5.10 Å². The third kappa shape index (κ3) is 2.99. The second-order valence-electron chi connectivity index (χ2n) is 5.93. The Morgan fingerprint density at radius 3 is 2.65 bits per heavy atom. The Hall–Kier alpha value is -3.35. The number of aromatic nitrogens is 2. The molecule has 0 radical (unpaired) electrons. The van der Waals surface area contributed by atoms with E-state index in [1.54, 1.807) is 46.0 Å². The number of hydrogen-bond donors (Lipinski definition) is 1. The van der Waals surface area contributed by atoms with Gasteiger partial charge in [-0.15, -0.1) is 0 Å². The predicted molar refractivity (Wildman–Crippen MR) is 92.7 cm³/mol. The molecule has 0 unspecified atom stereocenters. The molecule has 26 heavy (non-hydrogen) atoms. The van der Waals surface area contributed by atoms with E-state index in [1.165, 1.54) is 18.2 Å². The number of carbonyl (C=O) groups is 1. The van der Waals surface area contributed by atoms with Crippen LogP contribution in [0.2, 0.25) is 0 Å². The highest BCUT2D eigenvalue weighted by molar-refractivity contribution is 6.05. The topological polar surface area (TPSA) is 67.6 Å². The van der Waals surface area contributed by atoms with Crippen molar-refractivity contribution in [2.45, 2.75) is 13.2 Å². The fourth-order valence-electron chi connectivity index (χ4n) is 2.92. The summed E-state index contributed by atoms with van der Waals surface area (Å²) in [5, 5.41) is 14.1. The number of carbonyl (C=O) groups excluding carboxylic acids is 1. The zero-order chi connectivity index (χ0) is 18.1. The minimum Gasteiger partial charge on any atom is -0.504 e. The number of rotatable bonds is 4. The highest BCUT2D eigenvalue weighted by atomic mass is 19.1. The number of anilines is 1. The molecule has 0 saturated heterocycles. The largest absolute Gasteiger partial charge is 0.504 e. The number of benzene rings is 2. The Morgan fingerprint density at radius 2 is 1.88 bits per heavy atom. The van der Waals surface area contributed by atoms with Crippen LogP contribution in [0.4, 0.5) is 10.1 Å². The lowest BCUT2D eigenvalue weighted by Gasteiger charge is -2.27. The molecule has 1 amide bonds. The van der Waals surface area contributed by atoms with Crippen LogP contribution in [0.15, 0.2) is 54.6 Å². The van der Waals surface area contributed by atoms with Crippen molar-refractivity contribution < 1.29 is 19.0 Å². The molecule has 2 aromatic carbocycles. The van der Waals surface area contributed by atoms with E-state index in [0.29, 0.717) is 35.9 Å². The van der Waals surface area contributed by atoms with Crippen molar-refractivity contribution in [2.24, 2.45) is 0 Å². The van der Waals surface area contributed by atoms with Crippen molar-refractivity contribution in [3.8, 4) is 11.5 Å². The van der Waals surface area contributed by atoms with Crippen LogP contribution >= 0.6 is 0 Å². The summed E-state index contributed by atoms with van der Waals surface area (Å²) < 4.78 is 20.3. The van der Waals surface area contributed by atoms with Crippen molar-refractivity contribution in [3.05, 3.63) is 71.8 Å². The van der Waals surface area contributed by atoms with E-state index >= 15 is 0 Å². The van der Waals surface area contributed by atoms with Crippen LogP contribution in [0.3, 0.4) is 0 Å². The molecular weight excluding hydrogens is 337 g/mol. The molecule has 1 aliphatic rings. The Morgan fingerprint density at radius 1 is 1.12 bits per heavy atom. The number of fused-ring (bicyclic) bond motifs is 1. The fourth-order valence-corrected chi connectivity index (χ4v) is 2.92. The van der Waals surface area contributed by atoms with Gasteiger partial charge in [-0.25, -0.2) is 4.39 Å². The first-order valence-corrected chi connectivity index (χ1v) is 8.17. The van der Waals surface area contributed by atoms with E-state index in [0.717, 1.165) is 0 Å². The first-order valence-electron chi connectivity index (χ1n) is 8.17. The number of ether oxygens (including phenoxy) is 1. The highest BCUT2D eigenvalue weighted by Gasteiger charge is 2.27. The third-order valence-corrected chi connectivity index (χ3v) is 4.21. The number of amides is 1. The first kappa shape index (κ1) is 16.1. The number of phenolic OH excluding ortho intramolecular Hbond substituents is 1. The Kier molecular flexibility index (Phi) is 4.04. The van der Waals surface area contributed by atoms with Gasteiger partial charge in [-0.05, 0) is 42.5 Å². The van der Waals surface area contributed by atoms with Gasteiger partial charge in [-0.3, -0.25) is 9.48 Å². The van der Waals surface area contributed by atoms with Crippen molar-refractivity contribution in [1.82, 2.24) is 9.78 Å². The van der Waals surface area contributed by atoms with Gasteiger partial charge in [0.2, 0.25) is 0 Å². The molecule has 2 heterocycles. The molecule has 6 nitrogen and oxygen atoms in total. The van der Waals surface area contributed by atoms with Crippen LogP contribution < -0.4 is 9.64 Å². The highest BCUT2D eigenvalue weighted by Crippen LogP contribution is 2.26. The van der Waals surface area contributed by atoms with E-state index in [4.69, 9.17) is 4.74 Å². The second-order valence-corrected chi connectivity index (χ2v) is 5.93. The minimum atomic E-state index is -0.341. The van der Waals surface area contributed by atoms with Crippen molar-refractivity contribution in [2.75, 3.05) is 11.4 Å². The fraction of sp³-hybridized carbons (Fsp3) is 0.158. The van der Waals surface area contributed by atoms with Crippen LogP contribution in [0.1, 0.15) is 16.2 Å². The summed E-state index contributed by atoms with van der Waals surface area (Å²) in [6, 6.07) is 14.2. The monoisotopic (exact) mass is 353 g/mol. The van der Waals surface area contributed by atoms with E-state index < -0.39 is 0 Å². The molecule has 3 aromatic rings. The quantitative estimate of drug-likeness (QED) is 0.783. The van der Waals surface area contributed by atoms with Gasteiger partial charge in [0.25, 0.3) is 5.91 Å². The molecule has 0 fully saturated rings. The summed E-state index contributed by atoms with van der Waals surface area (Å²) in [6.07, 6.45) is 0. The van der Waals surface area contributed by atoms with Crippen LogP contribution in [-0.4, -0.2) is 27.3 Å². The van der Waals surface area contributed by atoms with Gasteiger partial charge in [0.05, 0.1) is 6.54 Å². The maximum atomic E-state index is 13.1. The molecule has 0 bridgehead atoms. The zero-order valence-electron chi connectivity index (χ0n) is 13.8. The average molecular weight is 353 g/mol. The lowest BCUT2D eigenvalue weighted by molar-refractivity contribution is 0.0962. The number of para-hydroxylation sites is 2. The van der Waals surface area contributed by atoms with Crippen LogP contribution in [0.25, 0.3) is 0 Å². The van der Waals surface area contributed by atoms with Gasteiger partial charge < -0.3 is 14.7 Å². The first-order chi connectivity index (χ1) is 12.6. The van der Waals surface area contributed by atoms with Gasteiger partial charge >= 0.3 is 0 Å². The van der Waals surface area contributed by atoms with Gasteiger partial charge in [-0.1, -0.05) is 12.1 Å². The number of halogens is 1. The van der Waals surface area contributed by atoms with Crippen molar-refractivity contribution >= 4 is 11.6 Å². The van der Waals surface area contributed by atoms with Gasteiger partial charge in [-0.2, -0.15) is 5.10 Å². The number of hydrogen-bond acceptors (Lipinski definition) is 4. The molecule has 0 atom stereocenters. The summed E-state index contributed by atoms with van der Waals surface area (Å²) in [7, 11) is 0. The van der Waals surface area contributed by atoms with Gasteiger partial charge in [0.1, 0.15) is 23.8 Å². The number of phenols is 1. The SMILES string of the molecule is O=C1c2cc(COc3ccccc3O)nn2CCN1c1ccc(F)cc1. The number of nitrogens with zero attached hydrogens (tertiary/aromatic N) is 3. The molecule has 7 heteroatoms. The molecule has 0 aliphatic carbocycles. The molecule has 4 rings (SSSR count). The zero-order valence-corrected chi connectivity index (χ0v) is 13.8. The second kappa shape index (κ2) is 6.51. The third-order valence-electron chi connectivity index (χ3n) is 4.21. The van der Waals surface area contributed by atoms with Crippen molar-refractivity contribution in [3.63, 3.8) is 0 Å². The van der Waals surface area contributed by atoms with E-state index in [-0.39, 0.29) is 24.1 Å². The van der Waals surface area contributed by atoms with Crippen molar-refractivity contribution in [1.29, 1.82) is 0 Å². The minimum absolute atomic E-state index is 0.0510. The summed E-state index contributed by atoms with van der Waals surface area (Å²) in [5.74, 6) is -0.121. The maximum absolute atomic E-state index is 13.1. The summed E-state index contributed by atoms with van der Waals surface area (Å²) >= 11 is 0. The molecule has 132 valence electrons. The van der Waals surface area contributed by atoms with Crippen LogP contribution in [0, 0.1) is 5.82 Å². The molecule has 0 saturated carbocycles. The lowest BCUT2D eigenvalue weighted by atomic mass is 10.2. The lowest BCUT2D eigenvalue weighted by Crippen LogP contribution is -2.40. The standard InChI is InChI=1S/C19H16FN3O3/c20-13-5-7-15(8-6-13)22-9-10-23-16(19(22)25)11-14(21-23)12-26-18-4-2-1-3-17(18)24/h1-8,11,24H,9-10,12H2. The number of aromatic hydroxyl groups is 1. The van der Waals surface area contributed by atoms with E-state index in [9.17, 15) is 14.3 Å². The summed E-state index contributed by atoms with van der Waals surface area (Å²) in [4.78, 5) is 14.3. The molecule has 1 N–H and O–H groups in total. The van der Waals surface area contributed by atoms with Gasteiger partial charge in [0.15, 0.2) is 11.5 Å². The normalized spacial score (nSPS) is 13.6. The molecule has 0 spiro atoms. The Balaban J connectivity index is 1.52. The van der Waals surface area contributed by atoms with Gasteiger partial charge in [0, 0.05) is 12.2 Å². The molecule has 1 aromatic heterocycles. The predicted octanol–water partition coefficient (Wildman–Crippen LogP) is 2.97. The Labute approximate surface area is 149 Å². The van der Waals surface area contributed by atoms with E-state index in [1.807, 2.05) is 0 Å².